The molecule has 0 radical (unpaired) electrons. The van der Waals surface area contributed by atoms with Crippen molar-refractivity contribution in [3.05, 3.63) is 87.7 Å². The van der Waals surface area contributed by atoms with Gasteiger partial charge < -0.3 is 4.74 Å². The Labute approximate surface area is 210 Å². The molecule has 174 valence electrons. The lowest BCUT2D eigenvalue weighted by molar-refractivity contribution is 0.102. The summed E-state index contributed by atoms with van der Waals surface area (Å²) >= 11 is 13.5. The Kier molecular flexibility index (Phi) is 7.08. The maximum atomic E-state index is 12.8. The van der Waals surface area contributed by atoms with Gasteiger partial charge in [0.2, 0.25) is 0 Å². The van der Waals surface area contributed by atoms with E-state index < -0.39 is 15.9 Å². The van der Waals surface area contributed by atoms with Gasteiger partial charge in [0, 0.05) is 27.2 Å². The summed E-state index contributed by atoms with van der Waals surface area (Å²) in [4.78, 5) is 17.2. The second kappa shape index (κ2) is 10.0. The smallest absolute Gasteiger partial charge is 0.261 e. The number of anilines is 2. The van der Waals surface area contributed by atoms with E-state index in [1.54, 1.807) is 53.9 Å². The third kappa shape index (κ3) is 5.51. The minimum Gasteiger partial charge on any atom is -0.497 e. The molecule has 0 spiro atoms. The Bertz CT molecular complexity index is 1460. The predicted molar refractivity (Wildman–Crippen MR) is 136 cm³/mol. The molecule has 0 fully saturated rings. The number of sulfonamides is 1. The highest BCUT2D eigenvalue weighted by atomic mass is 35.5. The summed E-state index contributed by atoms with van der Waals surface area (Å²) < 4.78 is 32.9. The lowest BCUT2D eigenvalue weighted by Crippen LogP contribution is -2.15. The van der Waals surface area contributed by atoms with Crippen LogP contribution in [-0.2, 0) is 10.0 Å². The fraction of sp³-hybridized carbons (Fsp3) is 0.0435. The Morgan fingerprint density at radius 3 is 2.53 bits per heavy atom. The molecular weight excluding hydrogens is 517 g/mol. The van der Waals surface area contributed by atoms with Crippen LogP contribution in [0.1, 0.15) is 10.4 Å². The summed E-state index contributed by atoms with van der Waals surface area (Å²) in [7, 11) is -2.35. The summed E-state index contributed by atoms with van der Waals surface area (Å²) in [5.74, 6) is 0.101. The molecule has 2 N–H and O–H groups in total. The molecule has 4 aromatic rings. The number of hydrogen-bond acceptors (Lipinski definition) is 6. The third-order valence-corrected chi connectivity index (χ3v) is 7.40. The minimum absolute atomic E-state index is 0.0677. The van der Waals surface area contributed by atoms with Crippen LogP contribution in [0.15, 0.2) is 77.0 Å². The van der Waals surface area contributed by atoms with Gasteiger partial charge in [-0.15, -0.1) is 11.3 Å². The second-order valence-corrected chi connectivity index (χ2v) is 10.4. The van der Waals surface area contributed by atoms with Crippen LogP contribution in [0.4, 0.5) is 10.8 Å². The topological polar surface area (TPSA) is 97.4 Å². The van der Waals surface area contributed by atoms with E-state index in [-0.39, 0.29) is 16.1 Å². The van der Waals surface area contributed by atoms with Gasteiger partial charge in [-0.1, -0.05) is 29.3 Å². The highest BCUT2D eigenvalue weighted by molar-refractivity contribution is 7.92. The molecule has 7 nitrogen and oxygen atoms in total. The first-order chi connectivity index (χ1) is 16.2. The number of benzene rings is 3. The van der Waals surface area contributed by atoms with Crippen LogP contribution in [0.25, 0.3) is 11.3 Å². The average Bonchev–Trinajstić information content (AvgIpc) is 3.28. The molecule has 0 aliphatic carbocycles. The summed E-state index contributed by atoms with van der Waals surface area (Å²) in [5, 5.41) is 5.85. The van der Waals surface area contributed by atoms with Gasteiger partial charge in [-0.3, -0.25) is 14.8 Å². The molecule has 1 aromatic heterocycles. The molecule has 0 unspecified atom stereocenters. The molecular formula is C23H17Cl2N3O4S2. The standard InChI is InChI=1S/C23H17Cl2N3O4S2/c1-32-17-6-8-18(9-7-17)34(30,31)28-16-4-2-3-14(11-16)22(29)27-23-26-21(13-33-23)19-12-15(24)5-10-20(19)25/h2-13,28H,1H3,(H,26,27,29). The van der Waals surface area contributed by atoms with Crippen molar-refractivity contribution in [1.29, 1.82) is 0 Å². The lowest BCUT2D eigenvalue weighted by Gasteiger charge is -2.10. The van der Waals surface area contributed by atoms with Crippen molar-refractivity contribution >= 4 is 61.3 Å². The number of rotatable bonds is 7. The van der Waals surface area contributed by atoms with Gasteiger partial charge in [0.1, 0.15) is 5.75 Å². The lowest BCUT2D eigenvalue weighted by atomic mass is 10.2. The first-order valence-electron chi connectivity index (χ1n) is 9.74. The Morgan fingerprint density at radius 1 is 1.03 bits per heavy atom. The van der Waals surface area contributed by atoms with Gasteiger partial charge in [-0.05, 0) is 60.7 Å². The maximum absolute atomic E-state index is 12.8. The van der Waals surface area contributed by atoms with Crippen molar-refractivity contribution in [3.63, 3.8) is 0 Å². The van der Waals surface area contributed by atoms with Gasteiger partial charge in [0.25, 0.3) is 15.9 Å². The molecule has 1 heterocycles. The van der Waals surface area contributed by atoms with Gasteiger partial charge in [-0.25, -0.2) is 13.4 Å². The number of aromatic nitrogens is 1. The zero-order valence-electron chi connectivity index (χ0n) is 17.6. The van der Waals surface area contributed by atoms with Crippen molar-refractivity contribution in [2.45, 2.75) is 4.90 Å². The predicted octanol–water partition coefficient (Wildman–Crippen LogP) is 6.18. The molecule has 0 aliphatic heterocycles. The minimum atomic E-state index is -3.85. The van der Waals surface area contributed by atoms with Crippen molar-refractivity contribution in [2.24, 2.45) is 0 Å². The van der Waals surface area contributed by atoms with Crippen LogP contribution in [0, 0.1) is 0 Å². The second-order valence-electron chi connectivity index (χ2n) is 6.98. The SMILES string of the molecule is COc1ccc(S(=O)(=O)Nc2cccc(C(=O)Nc3nc(-c4cc(Cl)ccc4Cl)cs3)c2)cc1. The Morgan fingerprint density at radius 2 is 1.79 bits per heavy atom. The van der Waals surface area contributed by atoms with Gasteiger partial charge in [0.15, 0.2) is 5.13 Å². The van der Waals surface area contributed by atoms with Crippen LogP contribution in [0.3, 0.4) is 0 Å². The summed E-state index contributed by atoms with van der Waals surface area (Å²) in [5.41, 5.74) is 1.73. The summed E-state index contributed by atoms with van der Waals surface area (Å²) in [6.07, 6.45) is 0. The van der Waals surface area contributed by atoms with E-state index in [2.05, 4.69) is 15.0 Å². The molecule has 1 amide bonds. The van der Waals surface area contributed by atoms with Crippen LogP contribution in [0.5, 0.6) is 5.75 Å². The normalized spacial score (nSPS) is 11.1. The molecule has 3 aromatic carbocycles. The van der Waals surface area contributed by atoms with Crippen molar-refractivity contribution in [2.75, 3.05) is 17.1 Å². The van der Waals surface area contributed by atoms with Crippen LogP contribution < -0.4 is 14.8 Å². The molecule has 0 atom stereocenters. The number of methoxy groups -OCH3 is 1. The zero-order valence-corrected chi connectivity index (χ0v) is 20.7. The number of amides is 1. The van der Waals surface area contributed by atoms with E-state index in [0.717, 1.165) is 0 Å². The van der Waals surface area contributed by atoms with Gasteiger partial charge >= 0.3 is 0 Å². The van der Waals surface area contributed by atoms with Crippen LogP contribution in [0.2, 0.25) is 10.0 Å². The number of hydrogen-bond donors (Lipinski definition) is 2. The highest BCUT2D eigenvalue weighted by Crippen LogP contribution is 2.32. The number of ether oxygens (including phenoxy) is 1. The fourth-order valence-electron chi connectivity index (χ4n) is 3.01. The molecule has 34 heavy (non-hydrogen) atoms. The maximum Gasteiger partial charge on any atom is 0.261 e. The quantitative estimate of drug-likeness (QED) is 0.295. The molecule has 0 saturated heterocycles. The number of thiazole rings is 1. The van der Waals surface area contributed by atoms with Crippen molar-refractivity contribution in [1.82, 2.24) is 4.98 Å². The number of nitrogens with zero attached hydrogens (tertiary/aromatic N) is 1. The van der Waals surface area contributed by atoms with Crippen LogP contribution >= 0.6 is 34.5 Å². The number of halogens is 2. The molecule has 11 heteroatoms. The monoisotopic (exact) mass is 533 g/mol. The molecule has 4 rings (SSSR count). The first-order valence-corrected chi connectivity index (χ1v) is 12.9. The largest absolute Gasteiger partial charge is 0.497 e. The third-order valence-electron chi connectivity index (χ3n) is 4.68. The number of carbonyl (C=O) groups is 1. The number of nitrogens with one attached hydrogen (secondary N) is 2. The van der Waals surface area contributed by atoms with Crippen LogP contribution in [-0.4, -0.2) is 26.4 Å². The van der Waals surface area contributed by atoms with Crippen molar-refractivity contribution < 1.29 is 17.9 Å². The fourth-order valence-corrected chi connectivity index (χ4v) is 5.15. The van der Waals surface area contributed by atoms with Gasteiger partial charge in [-0.2, -0.15) is 0 Å². The van der Waals surface area contributed by atoms with E-state index in [1.807, 2.05) is 0 Å². The number of carbonyl (C=O) groups excluding carboxylic acids is 1. The van der Waals surface area contributed by atoms with E-state index >= 15 is 0 Å². The Hall–Kier alpha value is -3.11. The molecule has 0 aliphatic rings. The van der Waals surface area contributed by atoms with E-state index in [1.165, 1.54) is 36.6 Å². The highest BCUT2D eigenvalue weighted by Gasteiger charge is 2.16. The van der Waals surface area contributed by atoms with E-state index in [0.29, 0.717) is 32.2 Å². The Balaban J connectivity index is 1.49. The zero-order chi connectivity index (χ0) is 24.3. The van der Waals surface area contributed by atoms with Crippen molar-refractivity contribution in [3.8, 4) is 17.0 Å². The van der Waals surface area contributed by atoms with E-state index in [9.17, 15) is 13.2 Å². The summed E-state index contributed by atoms with van der Waals surface area (Å²) in [6.45, 7) is 0. The average molecular weight is 534 g/mol. The first kappa shape index (κ1) is 24.0. The molecule has 0 saturated carbocycles. The summed E-state index contributed by atoms with van der Waals surface area (Å²) in [6, 6.07) is 17.2. The van der Waals surface area contributed by atoms with Gasteiger partial charge in [0.05, 0.1) is 22.7 Å². The molecule has 0 bridgehead atoms. The van der Waals surface area contributed by atoms with E-state index in [4.69, 9.17) is 27.9 Å².